The van der Waals surface area contributed by atoms with Crippen LogP contribution in [0.15, 0.2) is 162 Å². The smallest absolute Gasteiger partial charge is 0.143 e. The lowest BCUT2D eigenvalue weighted by molar-refractivity contribution is 0.635. The first-order chi connectivity index (χ1) is 23.5. The minimum atomic E-state index is -0.0945. The summed E-state index contributed by atoms with van der Waals surface area (Å²) in [6.45, 7) is 6.98. The monoisotopic (exact) mass is 619 g/mol. The Balaban J connectivity index is 1.25. The Labute approximate surface area is 282 Å². The van der Waals surface area contributed by atoms with Crippen molar-refractivity contribution in [2.45, 2.75) is 32.1 Å². The first-order valence-corrected chi connectivity index (χ1v) is 17.0. The first-order valence-electron chi connectivity index (χ1n) is 17.0. The minimum absolute atomic E-state index is 0.0945. The number of rotatable bonds is 5. The Kier molecular flexibility index (Phi) is 6.55. The summed E-state index contributed by atoms with van der Waals surface area (Å²) in [6.07, 6.45) is 8.92. The number of nitrogens with zero attached hydrogens (tertiary/aromatic N) is 1. The van der Waals surface area contributed by atoms with Crippen LogP contribution in [0.5, 0.6) is 0 Å². The summed E-state index contributed by atoms with van der Waals surface area (Å²) in [6, 6.07) is 48.7. The molecule has 0 saturated heterocycles. The number of furan rings is 1. The van der Waals surface area contributed by atoms with E-state index in [1.807, 2.05) is 6.07 Å². The molecule has 1 heterocycles. The van der Waals surface area contributed by atoms with Crippen molar-refractivity contribution in [2.75, 3.05) is 4.90 Å². The van der Waals surface area contributed by atoms with E-state index in [2.05, 4.69) is 177 Å². The highest BCUT2D eigenvalue weighted by molar-refractivity contribution is 6.11. The lowest BCUT2D eigenvalue weighted by Gasteiger charge is -2.28. The lowest BCUT2D eigenvalue weighted by atomic mass is 9.82. The quantitative estimate of drug-likeness (QED) is 0.191. The predicted molar refractivity (Wildman–Crippen MR) is 202 cm³/mol. The van der Waals surface area contributed by atoms with E-state index in [0.717, 1.165) is 50.1 Å². The Morgan fingerprint density at radius 3 is 2.12 bits per heavy atom. The average molecular weight is 620 g/mol. The Morgan fingerprint density at radius 1 is 0.562 bits per heavy atom. The zero-order chi connectivity index (χ0) is 32.4. The van der Waals surface area contributed by atoms with Crippen molar-refractivity contribution >= 4 is 39.0 Å². The molecule has 0 fully saturated rings. The molecule has 1 aromatic heterocycles. The van der Waals surface area contributed by atoms with Crippen LogP contribution in [0.4, 0.5) is 17.1 Å². The SMILES string of the molecule is CC1C=CC=CC1c1ccc(-c2cc(N(c3ccccc3)c3ccc4c(c3)C(C)(C)c3ccccc3-4)cc3c2oc2ccccc23)cc1. The molecule has 2 unspecified atom stereocenters. The molecular formula is C46H37NO. The summed E-state index contributed by atoms with van der Waals surface area (Å²) in [5, 5.41) is 2.24. The third-order valence-electron chi connectivity index (χ3n) is 10.6. The fraction of sp³-hybridized carbons (Fsp3) is 0.130. The average Bonchev–Trinajstić information content (AvgIpc) is 3.61. The summed E-state index contributed by atoms with van der Waals surface area (Å²) in [4.78, 5) is 2.40. The number of fused-ring (bicyclic) bond motifs is 6. The van der Waals surface area contributed by atoms with Crippen LogP contribution in [0, 0.1) is 5.92 Å². The molecule has 232 valence electrons. The molecule has 0 amide bonds. The molecule has 2 heteroatoms. The highest BCUT2D eigenvalue weighted by Gasteiger charge is 2.35. The maximum absolute atomic E-state index is 6.63. The van der Waals surface area contributed by atoms with Gasteiger partial charge in [0.25, 0.3) is 0 Å². The van der Waals surface area contributed by atoms with Gasteiger partial charge in [-0.15, -0.1) is 0 Å². The molecule has 0 N–H and O–H groups in total. The molecule has 0 aliphatic heterocycles. The Morgan fingerprint density at radius 2 is 1.29 bits per heavy atom. The van der Waals surface area contributed by atoms with Crippen molar-refractivity contribution in [1.29, 1.82) is 0 Å². The van der Waals surface area contributed by atoms with Gasteiger partial charge in [-0.1, -0.05) is 136 Å². The molecule has 7 aromatic rings. The highest BCUT2D eigenvalue weighted by Crippen LogP contribution is 2.51. The molecule has 2 nitrogen and oxygen atoms in total. The van der Waals surface area contributed by atoms with Crippen LogP contribution < -0.4 is 4.90 Å². The van der Waals surface area contributed by atoms with Crippen LogP contribution in [0.3, 0.4) is 0 Å². The summed E-state index contributed by atoms with van der Waals surface area (Å²) in [5.41, 5.74) is 14.0. The van der Waals surface area contributed by atoms with Crippen LogP contribution in [-0.2, 0) is 5.41 Å². The summed E-state index contributed by atoms with van der Waals surface area (Å²) < 4.78 is 6.63. The number of benzene rings is 6. The second-order valence-electron chi connectivity index (χ2n) is 13.8. The topological polar surface area (TPSA) is 16.4 Å². The van der Waals surface area contributed by atoms with E-state index in [0.29, 0.717) is 11.8 Å². The van der Waals surface area contributed by atoms with E-state index < -0.39 is 0 Å². The maximum Gasteiger partial charge on any atom is 0.143 e. The van der Waals surface area contributed by atoms with Crippen molar-refractivity contribution in [3.63, 3.8) is 0 Å². The summed E-state index contributed by atoms with van der Waals surface area (Å²) in [5.74, 6) is 0.848. The molecule has 0 bridgehead atoms. The van der Waals surface area contributed by atoms with Gasteiger partial charge in [0.2, 0.25) is 0 Å². The van der Waals surface area contributed by atoms with E-state index >= 15 is 0 Å². The number of hydrogen-bond acceptors (Lipinski definition) is 2. The largest absolute Gasteiger partial charge is 0.455 e. The fourth-order valence-electron chi connectivity index (χ4n) is 8.03. The molecule has 0 saturated carbocycles. The molecule has 2 aliphatic carbocycles. The molecule has 6 aromatic carbocycles. The molecule has 48 heavy (non-hydrogen) atoms. The molecule has 9 rings (SSSR count). The number of para-hydroxylation sites is 2. The van der Waals surface area contributed by atoms with E-state index in [-0.39, 0.29) is 5.41 Å². The normalized spacial score (nSPS) is 17.5. The van der Waals surface area contributed by atoms with Gasteiger partial charge < -0.3 is 9.32 Å². The number of allylic oxidation sites excluding steroid dienone is 4. The number of anilines is 3. The lowest BCUT2D eigenvalue weighted by Crippen LogP contribution is -2.16. The second-order valence-corrected chi connectivity index (χ2v) is 13.8. The van der Waals surface area contributed by atoms with Gasteiger partial charge in [-0.3, -0.25) is 0 Å². The second kappa shape index (κ2) is 11.0. The third-order valence-corrected chi connectivity index (χ3v) is 10.6. The Hall–Kier alpha value is -5.60. The molecular weight excluding hydrogens is 583 g/mol. The van der Waals surface area contributed by atoms with Gasteiger partial charge in [-0.25, -0.2) is 0 Å². The predicted octanol–water partition coefficient (Wildman–Crippen LogP) is 12.9. The van der Waals surface area contributed by atoms with Crippen molar-refractivity contribution in [2.24, 2.45) is 5.92 Å². The van der Waals surface area contributed by atoms with Crippen LogP contribution in [0.2, 0.25) is 0 Å². The highest BCUT2D eigenvalue weighted by atomic mass is 16.3. The Bertz CT molecular complexity index is 2390. The first kappa shape index (κ1) is 28.6. The van der Waals surface area contributed by atoms with E-state index in [1.54, 1.807) is 0 Å². The van der Waals surface area contributed by atoms with Gasteiger partial charge in [0.1, 0.15) is 11.2 Å². The van der Waals surface area contributed by atoms with Crippen LogP contribution >= 0.6 is 0 Å². The van der Waals surface area contributed by atoms with Crippen molar-refractivity contribution < 1.29 is 4.42 Å². The van der Waals surface area contributed by atoms with Gasteiger partial charge in [0, 0.05) is 44.7 Å². The number of hydrogen-bond donors (Lipinski definition) is 0. The van der Waals surface area contributed by atoms with Crippen LogP contribution in [0.1, 0.15) is 43.4 Å². The maximum atomic E-state index is 6.63. The van der Waals surface area contributed by atoms with Crippen LogP contribution in [-0.4, -0.2) is 0 Å². The molecule has 0 spiro atoms. The van der Waals surface area contributed by atoms with Gasteiger partial charge in [-0.05, 0) is 81.8 Å². The summed E-state index contributed by atoms with van der Waals surface area (Å²) >= 11 is 0. The van der Waals surface area contributed by atoms with Gasteiger partial charge in [-0.2, -0.15) is 0 Å². The van der Waals surface area contributed by atoms with Gasteiger partial charge in [0.05, 0.1) is 0 Å². The van der Waals surface area contributed by atoms with Crippen molar-refractivity contribution in [3.05, 3.63) is 174 Å². The van der Waals surface area contributed by atoms with Gasteiger partial charge in [0.15, 0.2) is 0 Å². The standard InChI is InChI=1S/C46H37NO/c1-30-13-7-8-16-36(30)31-21-23-32(24-22-31)40-27-35(28-41-39-18-10-12-20-44(39)48-45(40)41)47(33-14-5-4-6-15-33)34-25-26-38-37-17-9-11-19-42(37)46(2,3)43(38)29-34/h4-30,36H,1-3H3. The summed E-state index contributed by atoms with van der Waals surface area (Å²) in [7, 11) is 0. The molecule has 2 atom stereocenters. The molecule has 2 aliphatic rings. The van der Waals surface area contributed by atoms with Crippen molar-refractivity contribution in [1.82, 2.24) is 0 Å². The zero-order valence-corrected chi connectivity index (χ0v) is 27.5. The van der Waals surface area contributed by atoms with E-state index in [9.17, 15) is 0 Å². The van der Waals surface area contributed by atoms with E-state index in [1.165, 1.54) is 27.8 Å². The zero-order valence-electron chi connectivity index (χ0n) is 27.5. The third kappa shape index (κ3) is 4.47. The molecule has 0 radical (unpaired) electrons. The fourth-order valence-corrected chi connectivity index (χ4v) is 8.03. The van der Waals surface area contributed by atoms with E-state index in [4.69, 9.17) is 4.42 Å². The van der Waals surface area contributed by atoms with Crippen LogP contribution in [0.25, 0.3) is 44.2 Å². The van der Waals surface area contributed by atoms with Gasteiger partial charge >= 0.3 is 0 Å². The van der Waals surface area contributed by atoms with Crippen molar-refractivity contribution in [3.8, 4) is 22.3 Å². The minimum Gasteiger partial charge on any atom is -0.455 e.